The molecule has 1 aromatic heterocycles. The van der Waals surface area contributed by atoms with E-state index in [1.807, 2.05) is 24.3 Å². The molecule has 1 amide bonds. The molecule has 0 aliphatic rings. The Labute approximate surface area is 116 Å². The summed E-state index contributed by atoms with van der Waals surface area (Å²) in [6.45, 7) is 0.596. The van der Waals surface area contributed by atoms with Gasteiger partial charge in [-0.25, -0.2) is 0 Å². The quantitative estimate of drug-likeness (QED) is 0.784. The number of carbonyl (C=O) groups excluding carboxylic acids is 1. The number of aliphatic hydroxyl groups is 1. The number of aliphatic hydroxyl groups excluding tert-OH is 1. The second-order valence-electron chi connectivity index (χ2n) is 4.21. The van der Waals surface area contributed by atoms with E-state index in [9.17, 15) is 4.79 Å². The lowest BCUT2D eigenvalue weighted by Gasteiger charge is -2.05. The van der Waals surface area contributed by atoms with Gasteiger partial charge in [0.25, 0.3) is 5.91 Å². The molecular weight excluding hydrogens is 264 g/mol. The Morgan fingerprint density at radius 3 is 2.53 bits per heavy atom. The van der Waals surface area contributed by atoms with Gasteiger partial charge in [0.15, 0.2) is 0 Å². The fourth-order valence-corrected chi connectivity index (χ4v) is 1.89. The molecule has 3 N–H and O–H groups in total. The van der Waals surface area contributed by atoms with Gasteiger partial charge in [0.2, 0.25) is 0 Å². The van der Waals surface area contributed by atoms with Crippen LogP contribution in [0.3, 0.4) is 0 Å². The number of hydrogen-bond donors (Lipinski definition) is 3. The average Bonchev–Trinajstić information content (AvgIpc) is 2.86. The minimum Gasteiger partial charge on any atom is -0.392 e. The lowest BCUT2D eigenvalue weighted by Crippen LogP contribution is -2.25. The van der Waals surface area contributed by atoms with Crippen LogP contribution in [0.4, 0.5) is 0 Å². The monoisotopic (exact) mass is 278 g/mol. The van der Waals surface area contributed by atoms with Gasteiger partial charge in [-0.05, 0) is 23.6 Å². The number of halogens is 1. The van der Waals surface area contributed by atoms with E-state index in [1.54, 1.807) is 12.3 Å². The normalized spacial score (nSPS) is 10.4. The minimum atomic E-state index is -0.168. The van der Waals surface area contributed by atoms with Crippen molar-refractivity contribution in [3.8, 4) is 0 Å². The van der Waals surface area contributed by atoms with Crippen LogP contribution in [0.1, 0.15) is 21.6 Å². The SMILES string of the molecule is O=C(NCCc1ccc(CO)cc1)c1cc(Cl)c[nH]1. The standard InChI is InChI=1S/C14H15ClN2O2/c15-12-7-13(17-8-12)14(19)16-6-5-10-1-3-11(9-18)4-2-10/h1-4,7-8,17-18H,5-6,9H2,(H,16,19). The van der Waals surface area contributed by atoms with Crippen LogP contribution >= 0.6 is 11.6 Å². The third-order valence-corrected chi connectivity index (χ3v) is 3.02. The zero-order valence-electron chi connectivity index (χ0n) is 10.3. The number of carbonyl (C=O) groups is 1. The van der Waals surface area contributed by atoms with Gasteiger partial charge in [0.05, 0.1) is 11.6 Å². The van der Waals surface area contributed by atoms with Crippen molar-refractivity contribution in [1.29, 1.82) is 0 Å². The maximum Gasteiger partial charge on any atom is 0.267 e. The van der Waals surface area contributed by atoms with Crippen LogP contribution in [0.2, 0.25) is 5.02 Å². The molecule has 100 valence electrons. The summed E-state index contributed by atoms with van der Waals surface area (Å²) in [6, 6.07) is 9.24. The maximum absolute atomic E-state index is 11.7. The topological polar surface area (TPSA) is 65.1 Å². The van der Waals surface area contributed by atoms with Gasteiger partial charge in [-0.1, -0.05) is 35.9 Å². The zero-order valence-corrected chi connectivity index (χ0v) is 11.1. The van der Waals surface area contributed by atoms with Gasteiger partial charge < -0.3 is 15.4 Å². The van der Waals surface area contributed by atoms with Gasteiger partial charge in [-0.3, -0.25) is 4.79 Å². The van der Waals surface area contributed by atoms with Crippen molar-refractivity contribution < 1.29 is 9.90 Å². The number of amides is 1. The van der Waals surface area contributed by atoms with E-state index >= 15 is 0 Å². The van der Waals surface area contributed by atoms with Crippen LogP contribution in [0.25, 0.3) is 0 Å². The molecule has 0 saturated carbocycles. The van der Waals surface area contributed by atoms with Gasteiger partial charge in [-0.15, -0.1) is 0 Å². The first kappa shape index (κ1) is 13.6. The summed E-state index contributed by atoms with van der Waals surface area (Å²) in [4.78, 5) is 14.5. The highest BCUT2D eigenvalue weighted by Crippen LogP contribution is 2.09. The van der Waals surface area contributed by atoms with Gasteiger partial charge in [-0.2, -0.15) is 0 Å². The number of benzene rings is 1. The molecule has 0 unspecified atom stereocenters. The van der Waals surface area contributed by atoms with E-state index in [-0.39, 0.29) is 12.5 Å². The number of rotatable bonds is 5. The predicted molar refractivity (Wildman–Crippen MR) is 74.2 cm³/mol. The van der Waals surface area contributed by atoms with Crippen molar-refractivity contribution in [1.82, 2.24) is 10.3 Å². The van der Waals surface area contributed by atoms with E-state index in [0.717, 1.165) is 17.5 Å². The fourth-order valence-electron chi connectivity index (χ4n) is 1.73. The van der Waals surface area contributed by atoms with Crippen molar-refractivity contribution in [3.05, 3.63) is 58.4 Å². The molecule has 2 rings (SSSR count). The highest BCUT2D eigenvalue weighted by Gasteiger charge is 2.06. The number of aromatic nitrogens is 1. The largest absolute Gasteiger partial charge is 0.392 e. The van der Waals surface area contributed by atoms with E-state index < -0.39 is 0 Å². The molecule has 0 atom stereocenters. The summed E-state index contributed by atoms with van der Waals surface area (Å²) >= 11 is 5.73. The Morgan fingerprint density at radius 2 is 1.95 bits per heavy atom. The Morgan fingerprint density at radius 1 is 1.26 bits per heavy atom. The molecule has 19 heavy (non-hydrogen) atoms. The molecule has 0 fully saturated rings. The third kappa shape index (κ3) is 3.84. The molecule has 0 saturated heterocycles. The minimum absolute atomic E-state index is 0.0462. The van der Waals surface area contributed by atoms with Crippen molar-refractivity contribution in [2.24, 2.45) is 0 Å². The molecule has 0 bridgehead atoms. The fraction of sp³-hybridized carbons (Fsp3) is 0.214. The predicted octanol–water partition coefficient (Wildman–Crippen LogP) is 2.13. The number of H-pyrrole nitrogens is 1. The lowest BCUT2D eigenvalue weighted by atomic mass is 10.1. The summed E-state index contributed by atoms with van der Waals surface area (Å²) in [5, 5.41) is 12.3. The second-order valence-corrected chi connectivity index (χ2v) is 4.65. The zero-order chi connectivity index (χ0) is 13.7. The molecular formula is C14H15ClN2O2. The van der Waals surface area contributed by atoms with Gasteiger partial charge in [0, 0.05) is 12.7 Å². The third-order valence-electron chi connectivity index (χ3n) is 2.80. The molecule has 0 radical (unpaired) electrons. The molecule has 1 heterocycles. The van der Waals surface area contributed by atoms with Crippen molar-refractivity contribution in [3.63, 3.8) is 0 Å². The molecule has 5 heteroatoms. The van der Waals surface area contributed by atoms with Crippen molar-refractivity contribution in [2.45, 2.75) is 13.0 Å². The first-order valence-electron chi connectivity index (χ1n) is 6.00. The summed E-state index contributed by atoms with van der Waals surface area (Å²) < 4.78 is 0. The Balaban J connectivity index is 1.81. The summed E-state index contributed by atoms with van der Waals surface area (Å²) in [6.07, 6.45) is 2.32. The average molecular weight is 279 g/mol. The molecule has 4 nitrogen and oxygen atoms in total. The van der Waals surface area contributed by atoms with E-state index in [1.165, 1.54) is 0 Å². The number of aromatic amines is 1. The molecule has 0 aliphatic carbocycles. The lowest BCUT2D eigenvalue weighted by molar-refractivity contribution is 0.0950. The highest BCUT2D eigenvalue weighted by atomic mass is 35.5. The number of nitrogens with one attached hydrogen (secondary N) is 2. The Bertz CT molecular complexity index is 549. The first-order chi connectivity index (χ1) is 9.19. The molecule has 2 aromatic rings. The highest BCUT2D eigenvalue weighted by molar-refractivity contribution is 6.30. The summed E-state index contributed by atoms with van der Waals surface area (Å²) in [5.74, 6) is -0.168. The second kappa shape index (κ2) is 6.41. The van der Waals surface area contributed by atoms with Crippen LogP contribution in [0, 0.1) is 0 Å². The van der Waals surface area contributed by atoms with Crippen LogP contribution in [0.5, 0.6) is 0 Å². The van der Waals surface area contributed by atoms with Gasteiger partial charge >= 0.3 is 0 Å². The number of hydrogen-bond acceptors (Lipinski definition) is 2. The maximum atomic E-state index is 11.7. The van der Waals surface area contributed by atoms with Crippen LogP contribution in [0.15, 0.2) is 36.5 Å². The Kier molecular flexibility index (Phi) is 4.60. The van der Waals surface area contributed by atoms with E-state index in [0.29, 0.717) is 17.3 Å². The Hall–Kier alpha value is -1.78. The van der Waals surface area contributed by atoms with E-state index in [4.69, 9.17) is 16.7 Å². The molecule has 0 aliphatic heterocycles. The summed E-state index contributed by atoms with van der Waals surface area (Å²) in [5.41, 5.74) is 2.46. The molecule has 0 spiro atoms. The summed E-state index contributed by atoms with van der Waals surface area (Å²) in [7, 11) is 0. The van der Waals surface area contributed by atoms with E-state index in [2.05, 4.69) is 10.3 Å². The molecule has 1 aromatic carbocycles. The first-order valence-corrected chi connectivity index (χ1v) is 6.37. The van der Waals surface area contributed by atoms with Crippen LogP contribution in [-0.4, -0.2) is 22.5 Å². The smallest absolute Gasteiger partial charge is 0.267 e. The van der Waals surface area contributed by atoms with Crippen LogP contribution in [-0.2, 0) is 13.0 Å². The van der Waals surface area contributed by atoms with Crippen LogP contribution < -0.4 is 5.32 Å². The van der Waals surface area contributed by atoms with Gasteiger partial charge in [0.1, 0.15) is 5.69 Å². The van der Waals surface area contributed by atoms with Crippen molar-refractivity contribution in [2.75, 3.05) is 6.54 Å². The van der Waals surface area contributed by atoms with Crippen molar-refractivity contribution >= 4 is 17.5 Å².